The van der Waals surface area contributed by atoms with Crippen molar-refractivity contribution >= 4 is 24.6 Å². The van der Waals surface area contributed by atoms with Crippen molar-refractivity contribution in [1.82, 2.24) is 19.5 Å². The predicted octanol–water partition coefficient (Wildman–Crippen LogP) is 0.729. The fourth-order valence-electron chi connectivity index (χ4n) is 2.81. The Morgan fingerprint density at radius 2 is 2.27 bits per heavy atom. The standard InChI is InChI=1S/C12H18N5O4P/c1-2-8-3-12(8,21-7-22(18,19)20)4-17-6-16-9-10(13)14-5-15-11(9)17/h5-6,8H,2-4,7H2,1H3,(H2,13,14,15)(H2,18,19,20). The number of nitrogens with zero attached hydrogens (tertiary/aromatic N) is 4. The van der Waals surface area contributed by atoms with Crippen LogP contribution >= 0.6 is 7.60 Å². The minimum absolute atomic E-state index is 0.260. The molecule has 0 bridgehead atoms. The number of aromatic nitrogens is 4. The third-order valence-corrected chi connectivity index (χ3v) is 4.52. The Bertz CT molecular complexity index is 744. The number of imidazole rings is 1. The molecule has 2 heterocycles. The van der Waals surface area contributed by atoms with Gasteiger partial charge in [-0.25, -0.2) is 15.0 Å². The molecule has 0 amide bonds. The van der Waals surface area contributed by atoms with E-state index >= 15 is 0 Å². The number of nitrogen functional groups attached to an aromatic ring is 1. The summed E-state index contributed by atoms with van der Waals surface area (Å²) in [4.78, 5) is 30.3. The Balaban J connectivity index is 1.85. The van der Waals surface area contributed by atoms with Crippen LogP contribution in [0, 0.1) is 5.92 Å². The van der Waals surface area contributed by atoms with Crippen molar-refractivity contribution in [1.29, 1.82) is 0 Å². The average Bonchev–Trinajstić information content (AvgIpc) is 3.00. The van der Waals surface area contributed by atoms with E-state index in [4.69, 9.17) is 20.3 Å². The molecule has 1 aliphatic carbocycles. The van der Waals surface area contributed by atoms with Gasteiger partial charge >= 0.3 is 7.60 Å². The Labute approximate surface area is 126 Å². The van der Waals surface area contributed by atoms with Gasteiger partial charge in [-0.3, -0.25) is 4.57 Å². The molecule has 0 spiro atoms. The first kappa shape index (κ1) is 15.4. The molecule has 1 saturated carbocycles. The van der Waals surface area contributed by atoms with Gasteiger partial charge in [0.2, 0.25) is 0 Å². The highest BCUT2D eigenvalue weighted by atomic mass is 31.2. The van der Waals surface area contributed by atoms with Gasteiger partial charge in [0.15, 0.2) is 11.5 Å². The molecule has 1 fully saturated rings. The Morgan fingerprint density at radius 1 is 1.50 bits per heavy atom. The molecule has 120 valence electrons. The molecule has 0 saturated heterocycles. The van der Waals surface area contributed by atoms with Crippen molar-refractivity contribution in [2.75, 3.05) is 12.1 Å². The van der Waals surface area contributed by atoms with Crippen molar-refractivity contribution in [2.24, 2.45) is 5.92 Å². The summed E-state index contributed by atoms with van der Waals surface area (Å²) in [7, 11) is -4.20. The number of hydrogen-bond donors (Lipinski definition) is 3. The summed E-state index contributed by atoms with van der Waals surface area (Å²) in [6.07, 6.45) is 4.02. The van der Waals surface area contributed by atoms with Gasteiger partial charge in [0.05, 0.1) is 18.5 Å². The Hall–Kier alpha value is -1.54. The van der Waals surface area contributed by atoms with Crippen molar-refractivity contribution in [2.45, 2.75) is 31.9 Å². The molecule has 9 nitrogen and oxygen atoms in total. The molecule has 22 heavy (non-hydrogen) atoms. The zero-order valence-corrected chi connectivity index (χ0v) is 13.0. The van der Waals surface area contributed by atoms with Gasteiger partial charge in [0.1, 0.15) is 18.2 Å². The number of ether oxygens (including phenoxy) is 1. The number of hydrogen-bond acceptors (Lipinski definition) is 6. The highest BCUT2D eigenvalue weighted by Gasteiger charge is 2.55. The third kappa shape index (κ3) is 2.85. The fraction of sp³-hybridized carbons (Fsp3) is 0.583. The van der Waals surface area contributed by atoms with Crippen molar-refractivity contribution in [3.63, 3.8) is 0 Å². The molecule has 2 atom stereocenters. The maximum Gasteiger partial charge on any atom is 0.351 e. The summed E-state index contributed by atoms with van der Waals surface area (Å²) in [5, 5.41) is 0. The molecule has 0 radical (unpaired) electrons. The van der Waals surface area contributed by atoms with Gasteiger partial charge < -0.3 is 24.8 Å². The van der Waals surface area contributed by atoms with E-state index in [0.29, 0.717) is 23.5 Å². The summed E-state index contributed by atoms with van der Waals surface area (Å²) in [6, 6.07) is 0. The normalized spacial score (nSPS) is 24.8. The molecule has 0 aromatic carbocycles. The lowest BCUT2D eigenvalue weighted by Gasteiger charge is -2.19. The van der Waals surface area contributed by atoms with Crippen LogP contribution in [0.2, 0.25) is 0 Å². The van der Waals surface area contributed by atoms with Crippen LogP contribution in [-0.4, -0.2) is 41.3 Å². The highest BCUT2D eigenvalue weighted by molar-refractivity contribution is 7.51. The Kier molecular flexibility index (Phi) is 3.68. The molecule has 0 aliphatic heterocycles. The van der Waals surface area contributed by atoms with Gasteiger partial charge in [-0.15, -0.1) is 0 Å². The van der Waals surface area contributed by atoms with Crippen LogP contribution in [0.1, 0.15) is 19.8 Å². The first-order valence-corrected chi connectivity index (χ1v) is 8.74. The van der Waals surface area contributed by atoms with E-state index in [1.165, 1.54) is 6.33 Å². The first-order valence-electron chi connectivity index (χ1n) is 6.94. The second-order valence-corrected chi connectivity index (χ2v) is 7.20. The van der Waals surface area contributed by atoms with E-state index in [2.05, 4.69) is 15.0 Å². The first-order chi connectivity index (χ1) is 10.3. The van der Waals surface area contributed by atoms with Crippen LogP contribution in [-0.2, 0) is 15.8 Å². The van der Waals surface area contributed by atoms with E-state index in [1.807, 2.05) is 6.92 Å². The third-order valence-electron chi connectivity index (χ3n) is 4.06. The van der Waals surface area contributed by atoms with Gasteiger partial charge in [0, 0.05) is 0 Å². The highest BCUT2D eigenvalue weighted by Crippen LogP contribution is 2.52. The lowest BCUT2D eigenvalue weighted by Crippen LogP contribution is -2.25. The van der Waals surface area contributed by atoms with Crippen LogP contribution < -0.4 is 5.73 Å². The van der Waals surface area contributed by atoms with E-state index in [1.54, 1.807) is 10.9 Å². The van der Waals surface area contributed by atoms with Gasteiger partial charge in [-0.05, 0) is 12.3 Å². The largest absolute Gasteiger partial charge is 0.382 e. The van der Waals surface area contributed by atoms with Crippen LogP contribution in [0.25, 0.3) is 11.2 Å². The van der Waals surface area contributed by atoms with Crippen LogP contribution in [0.15, 0.2) is 12.7 Å². The summed E-state index contributed by atoms with van der Waals surface area (Å²) < 4.78 is 18.4. The zero-order chi connectivity index (χ0) is 16.0. The maximum absolute atomic E-state index is 11.1. The number of rotatable bonds is 6. The van der Waals surface area contributed by atoms with Gasteiger partial charge in [0.25, 0.3) is 0 Å². The molecule has 2 aromatic heterocycles. The van der Waals surface area contributed by atoms with E-state index in [9.17, 15) is 4.57 Å². The summed E-state index contributed by atoms with van der Waals surface area (Å²) in [5.74, 6) is 0.562. The summed E-state index contributed by atoms with van der Waals surface area (Å²) >= 11 is 0. The van der Waals surface area contributed by atoms with Crippen molar-refractivity contribution in [3.05, 3.63) is 12.7 Å². The minimum atomic E-state index is -4.20. The second kappa shape index (κ2) is 5.27. The lowest BCUT2D eigenvalue weighted by atomic mass is 10.2. The number of anilines is 1. The summed E-state index contributed by atoms with van der Waals surface area (Å²) in [5.41, 5.74) is 6.28. The molecular formula is C12H18N5O4P. The fourth-order valence-corrected chi connectivity index (χ4v) is 3.23. The molecule has 1 aliphatic rings. The smallest absolute Gasteiger partial charge is 0.351 e. The predicted molar refractivity (Wildman–Crippen MR) is 78.9 cm³/mol. The molecule has 4 N–H and O–H groups in total. The van der Waals surface area contributed by atoms with E-state index < -0.39 is 19.5 Å². The molecule has 2 unspecified atom stereocenters. The number of nitrogens with two attached hydrogens (primary N) is 1. The molecule has 3 rings (SSSR count). The average molecular weight is 327 g/mol. The zero-order valence-electron chi connectivity index (χ0n) is 12.1. The van der Waals surface area contributed by atoms with Crippen LogP contribution in [0.3, 0.4) is 0 Å². The SMILES string of the molecule is CCC1CC1(Cn1cnc2c(N)ncnc21)OCP(=O)(O)O. The quantitative estimate of drug-likeness (QED) is 0.660. The van der Waals surface area contributed by atoms with Gasteiger partial charge in [-0.2, -0.15) is 0 Å². The minimum Gasteiger partial charge on any atom is -0.382 e. The van der Waals surface area contributed by atoms with E-state index in [-0.39, 0.29) is 5.92 Å². The second-order valence-electron chi connectivity index (χ2n) is 5.62. The van der Waals surface area contributed by atoms with E-state index in [0.717, 1.165) is 12.8 Å². The molecule has 2 aromatic rings. The van der Waals surface area contributed by atoms with Gasteiger partial charge in [-0.1, -0.05) is 13.3 Å². The Morgan fingerprint density at radius 3 is 2.91 bits per heavy atom. The van der Waals surface area contributed by atoms with Crippen LogP contribution in [0.5, 0.6) is 0 Å². The topological polar surface area (TPSA) is 136 Å². The van der Waals surface area contributed by atoms with Crippen LogP contribution in [0.4, 0.5) is 5.82 Å². The monoisotopic (exact) mass is 327 g/mol. The summed E-state index contributed by atoms with van der Waals surface area (Å²) in [6.45, 7) is 2.46. The number of fused-ring (bicyclic) bond motifs is 1. The van der Waals surface area contributed by atoms with Crippen molar-refractivity contribution < 1.29 is 19.1 Å². The van der Waals surface area contributed by atoms with Crippen molar-refractivity contribution in [3.8, 4) is 0 Å². The lowest BCUT2D eigenvalue weighted by molar-refractivity contribution is 0.0281. The molecular weight excluding hydrogens is 309 g/mol. The molecule has 10 heteroatoms. The maximum atomic E-state index is 11.1.